The Kier molecular flexibility index (Phi) is 7.39. The van der Waals surface area contributed by atoms with Crippen LogP contribution in [0.3, 0.4) is 0 Å². The van der Waals surface area contributed by atoms with Crippen LogP contribution >= 0.6 is 0 Å². The van der Waals surface area contributed by atoms with Crippen molar-refractivity contribution in [2.24, 2.45) is 0 Å². The minimum atomic E-state index is -0.877. The fourth-order valence-corrected chi connectivity index (χ4v) is 3.44. The van der Waals surface area contributed by atoms with E-state index in [1.807, 2.05) is 12.1 Å². The molecule has 0 aromatic heterocycles. The molecule has 0 saturated carbocycles. The molecule has 0 bridgehead atoms. The number of benzene rings is 2. The fraction of sp³-hybridized carbons (Fsp3) is 0.409. The maximum Gasteiger partial charge on any atom is 0.335 e. The summed E-state index contributed by atoms with van der Waals surface area (Å²) in [5.74, 6) is -0.877. The quantitative estimate of drug-likeness (QED) is 0.668. The van der Waals surface area contributed by atoms with Gasteiger partial charge in [0.25, 0.3) is 0 Å². The average Bonchev–Trinajstić information content (AvgIpc) is 2.70. The highest BCUT2D eigenvalue weighted by Gasteiger charge is 2.16. The van der Waals surface area contributed by atoms with Crippen LogP contribution in [0.4, 0.5) is 0 Å². The fourth-order valence-electron chi connectivity index (χ4n) is 3.44. The molecule has 2 N–H and O–H groups in total. The molecular formula is C22H29N3O2. The monoisotopic (exact) mass is 367 g/mol. The van der Waals surface area contributed by atoms with Gasteiger partial charge in [-0.15, -0.1) is 0 Å². The molecule has 144 valence electrons. The van der Waals surface area contributed by atoms with Gasteiger partial charge < -0.3 is 15.3 Å². The summed E-state index contributed by atoms with van der Waals surface area (Å²) in [5, 5.41) is 12.4. The standard InChI is InChI=1S/C22H29N3O2/c26-22(27)21-9-7-19(8-10-21)17-23-11-4-12-24-13-15-25(16-14-24)18-20-5-2-1-3-6-20/h1-3,5-10,23H,4,11-18H2,(H,26,27). The molecule has 5 heteroatoms. The number of carbonyl (C=O) groups is 1. The number of carboxylic acid groups (broad SMARTS) is 1. The first-order chi connectivity index (χ1) is 13.2. The number of hydrogen-bond acceptors (Lipinski definition) is 4. The van der Waals surface area contributed by atoms with Crippen LogP contribution in [0, 0.1) is 0 Å². The van der Waals surface area contributed by atoms with E-state index in [2.05, 4.69) is 45.4 Å². The SMILES string of the molecule is O=C(O)c1ccc(CNCCCN2CCN(Cc3ccccc3)CC2)cc1. The molecule has 0 unspecified atom stereocenters. The zero-order valence-corrected chi connectivity index (χ0v) is 15.8. The molecule has 0 aliphatic carbocycles. The topological polar surface area (TPSA) is 55.8 Å². The summed E-state index contributed by atoms with van der Waals surface area (Å²) in [4.78, 5) is 15.9. The molecule has 2 aromatic rings. The second-order valence-corrected chi connectivity index (χ2v) is 7.14. The van der Waals surface area contributed by atoms with Gasteiger partial charge in [0, 0.05) is 39.3 Å². The van der Waals surface area contributed by atoms with Crippen LogP contribution in [0.25, 0.3) is 0 Å². The number of carboxylic acids is 1. The summed E-state index contributed by atoms with van der Waals surface area (Å²) in [7, 11) is 0. The van der Waals surface area contributed by atoms with Crippen molar-refractivity contribution in [3.05, 3.63) is 71.3 Å². The first-order valence-electron chi connectivity index (χ1n) is 9.72. The van der Waals surface area contributed by atoms with Crippen LogP contribution in [0.15, 0.2) is 54.6 Å². The molecule has 1 fully saturated rings. The number of nitrogens with one attached hydrogen (secondary N) is 1. The summed E-state index contributed by atoms with van der Waals surface area (Å²) < 4.78 is 0. The largest absolute Gasteiger partial charge is 0.478 e. The maximum atomic E-state index is 10.9. The van der Waals surface area contributed by atoms with Gasteiger partial charge in [0.1, 0.15) is 0 Å². The second-order valence-electron chi connectivity index (χ2n) is 7.14. The van der Waals surface area contributed by atoms with E-state index in [-0.39, 0.29) is 0 Å². The third-order valence-electron chi connectivity index (χ3n) is 5.07. The van der Waals surface area contributed by atoms with Crippen molar-refractivity contribution in [2.45, 2.75) is 19.5 Å². The smallest absolute Gasteiger partial charge is 0.335 e. The Labute approximate surface area is 161 Å². The number of aromatic carboxylic acids is 1. The molecule has 1 aliphatic heterocycles. The summed E-state index contributed by atoms with van der Waals surface area (Å²) in [6.07, 6.45) is 1.13. The third-order valence-corrected chi connectivity index (χ3v) is 5.07. The number of hydrogen-bond donors (Lipinski definition) is 2. The van der Waals surface area contributed by atoms with Gasteiger partial charge in [-0.2, -0.15) is 0 Å². The lowest BCUT2D eigenvalue weighted by Crippen LogP contribution is -2.46. The predicted molar refractivity (Wildman–Crippen MR) is 108 cm³/mol. The molecule has 0 atom stereocenters. The van der Waals surface area contributed by atoms with Crippen LogP contribution in [0.5, 0.6) is 0 Å². The molecule has 0 spiro atoms. The minimum absolute atomic E-state index is 0.338. The first-order valence-corrected chi connectivity index (χ1v) is 9.72. The highest BCUT2D eigenvalue weighted by atomic mass is 16.4. The van der Waals surface area contributed by atoms with E-state index in [0.29, 0.717) is 5.56 Å². The Balaban J connectivity index is 1.26. The Morgan fingerprint density at radius 1 is 0.889 bits per heavy atom. The lowest BCUT2D eigenvalue weighted by Gasteiger charge is -2.34. The van der Waals surface area contributed by atoms with E-state index in [1.54, 1.807) is 12.1 Å². The van der Waals surface area contributed by atoms with Crippen molar-refractivity contribution in [3.63, 3.8) is 0 Å². The lowest BCUT2D eigenvalue weighted by atomic mass is 10.1. The Morgan fingerprint density at radius 2 is 1.56 bits per heavy atom. The van der Waals surface area contributed by atoms with E-state index < -0.39 is 5.97 Å². The van der Waals surface area contributed by atoms with Gasteiger partial charge >= 0.3 is 5.97 Å². The molecular weight excluding hydrogens is 338 g/mol. The van der Waals surface area contributed by atoms with Crippen molar-refractivity contribution in [3.8, 4) is 0 Å². The number of piperazine rings is 1. The molecule has 1 saturated heterocycles. The van der Waals surface area contributed by atoms with Crippen LogP contribution in [-0.2, 0) is 13.1 Å². The zero-order valence-electron chi connectivity index (χ0n) is 15.8. The van der Waals surface area contributed by atoms with Crippen molar-refractivity contribution < 1.29 is 9.90 Å². The van der Waals surface area contributed by atoms with Gasteiger partial charge in [-0.25, -0.2) is 4.79 Å². The van der Waals surface area contributed by atoms with Gasteiger partial charge in [-0.05, 0) is 42.8 Å². The van der Waals surface area contributed by atoms with Crippen LogP contribution in [0.2, 0.25) is 0 Å². The Morgan fingerprint density at radius 3 is 2.22 bits per heavy atom. The Hall–Kier alpha value is -2.21. The lowest BCUT2D eigenvalue weighted by molar-refractivity contribution is 0.0697. The first kappa shape index (κ1) is 19.5. The minimum Gasteiger partial charge on any atom is -0.478 e. The van der Waals surface area contributed by atoms with E-state index >= 15 is 0 Å². The molecule has 2 aromatic carbocycles. The molecule has 1 heterocycles. The maximum absolute atomic E-state index is 10.9. The molecule has 5 nitrogen and oxygen atoms in total. The van der Waals surface area contributed by atoms with E-state index in [4.69, 9.17) is 5.11 Å². The number of rotatable bonds is 9. The van der Waals surface area contributed by atoms with E-state index in [9.17, 15) is 4.79 Å². The highest BCUT2D eigenvalue weighted by Crippen LogP contribution is 2.09. The van der Waals surface area contributed by atoms with Crippen molar-refractivity contribution in [1.82, 2.24) is 15.1 Å². The summed E-state index contributed by atoms with van der Waals surface area (Å²) >= 11 is 0. The van der Waals surface area contributed by atoms with Crippen molar-refractivity contribution >= 4 is 5.97 Å². The van der Waals surface area contributed by atoms with Crippen molar-refractivity contribution in [1.29, 1.82) is 0 Å². The van der Waals surface area contributed by atoms with Gasteiger partial charge in [0.05, 0.1) is 5.56 Å². The third kappa shape index (κ3) is 6.47. The summed E-state index contributed by atoms with van der Waals surface area (Å²) in [6, 6.07) is 17.8. The van der Waals surface area contributed by atoms with Crippen LogP contribution < -0.4 is 5.32 Å². The molecule has 0 amide bonds. The highest BCUT2D eigenvalue weighted by molar-refractivity contribution is 5.87. The van der Waals surface area contributed by atoms with E-state index in [0.717, 1.165) is 64.3 Å². The van der Waals surface area contributed by atoms with Crippen LogP contribution in [0.1, 0.15) is 27.9 Å². The second kappa shape index (κ2) is 10.2. The zero-order chi connectivity index (χ0) is 18.9. The van der Waals surface area contributed by atoms with Crippen molar-refractivity contribution in [2.75, 3.05) is 39.3 Å². The summed E-state index contributed by atoms with van der Waals surface area (Å²) in [6.45, 7) is 8.50. The molecule has 1 aliphatic rings. The number of nitrogens with zero attached hydrogens (tertiary/aromatic N) is 2. The molecule has 27 heavy (non-hydrogen) atoms. The Bertz CT molecular complexity index is 695. The average molecular weight is 367 g/mol. The van der Waals surface area contributed by atoms with Gasteiger partial charge in [0.15, 0.2) is 0 Å². The van der Waals surface area contributed by atoms with Gasteiger partial charge in [-0.3, -0.25) is 4.90 Å². The van der Waals surface area contributed by atoms with Gasteiger partial charge in [-0.1, -0.05) is 42.5 Å². The normalized spacial score (nSPS) is 15.7. The predicted octanol–water partition coefficient (Wildman–Crippen LogP) is 2.68. The van der Waals surface area contributed by atoms with E-state index in [1.165, 1.54) is 5.56 Å². The summed E-state index contributed by atoms with van der Waals surface area (Å²) in [5.41, 5.74) is 2.85. The van der Waals surface area contributed by atoms with Gasteiger partial charge in [0.2, 0.25) is 0 Å². The molecule has 3 rings (SSSR count). The molecule has 0 radical (unpaired) electrons. The van der Waals surface area contributed by atoms with Crippen LogP contribution in [-0.4, -0.2) is 60.1 Å².